The van der Waals surface area contributed by atoms with Crippen molar-refractivity contribution in [2.45, 2.75) is 19.0 Å². The van der Waals surface area contributed by atoms with Crippen LogP contribution >= 0.6 is 11.6 Å². The Hall–Kier alpha value is -2.45. The highest BCUT2D eigenvalue weighted by Gasteiger charge is 2.35. The zero-order chi connectivity index (χ0) is 19.6. The van der Waals surface area contributed by atoms with Gasteiger partial charge >= 0.3 is 0 Å². The lowest BCUT2D eigenvalue weighted by Gasteiger charge is -2.28. The van der Waals surface area contributed by atoms with Crippen LogP contribution in [0.3, 0.4) is 0 Å². The van der Waals surface area contributed by atoms with Gasteiger partial charge in [0.25, 0.3) is 11.6 Å². The predicted octanol–water partition coefficient (Wildman–Crippen LogP) is 3.08. The van der Waals surface area contributed by atoms with Crippen molar-refractivity contribution in [3.63, 3.8) is 0 Å². The van der Waals surface area contributed by atoms with Crippen molar-refractivity contribution in [2.75, 3.05) is 11.5 Å². The van der Waals surface area contributed by atoms with E-state index in [-0.39, 0.29) is 29.3 Å². The average Bonchev–Trinajstić information content (AvgIpc) is 2.99. The highest BCUT2D eigenvalue weighted by atomic mass is 35.5. The van der Waals surface area contributed by atoms with Crippen LogP contribution < -0.4 is 0 Å². The van der Waals surface area contributed by atoms with E-state index in [2.05, 4.69) is 0 Å². The third-order valence-corrected chi connectivity index (χ3v) is 6.44. The Morgan fingerprint density at radius 3 is 2.59 bits per heavy atom. The van der Waals surface area contributed by atoms with Gasteiger partial charge in [-0.2, -0.15) is 0 Å². The van der Waals surface area contributed by atoms with Crippen LogP contribution in [0.15, 0.2) is 48.5 Å². The van der Waals surface area contributed by atoms with E-state index in [1.165, 1.54) is 29.2 Å². The number of nitrogens with zero attached hydrogens (tertiary/aromatic N) is 2. The Kier molecular flexibility index (Phi) is 5.48. The number of hydrogen-bond donors (Lipinski definition) is 0. The second-order valence-corrected chi connectivity index (χ2v) is 9.09. The first kappa shape index (κ1) is 19.3. The molecule has 1 aliphatic rings. The van der Waals surface area contributed by atoms with E-state index < -0.39 is 26.7 Å². The Balaban J connectivity index is 1.94. The summed E-state index contributed by atoms with van der Waals surface area (Å²) < 4.78 is 23.8. The summed E-state index contributed by atoms with van der Waals surface area (Å²) in [6.07, 6.45) is 0.337. The van der Waals surface area contributed by atoms with Gasteiger partial charge in [0, 0.05) is 35.3 Å². The molecule has 1 saturated heterocycles. The normalized spacial score (nSPS) is 18.2. The van der Waals surface area contributed by atoms with E-state index in [9.17, 15) is 23.3 Å². The number of rotatable bonds is 5. The molecule has 7 nitrogen and oxygen atoms in total. The molecule has 1 aliphatic heterocycles. The quantitative estimate of drug-likeness (QED) is 0.559. The number of hydrogen-bond acceptors (Lipinski definition) is 5. The highest BCUT2D eigenvalue weighted by Crippen LogP contribution is 2.24. The SMILES string of the molecule is O=C(c1cccc([N+](=O)[O-])c1)N(Cc1cccc(Cl)c1)C1CCS(=O)(=O)C1. The van der Waals surface area contributed by atoms with Crippen LogP contribution in [-0.4, -0.2) is 41.7 Å². The third kappa shape index (κ3) is 4.64. The van der Waals surface area contributed by atoms with Gasteiger partial charge in [0.15, 0.2) is 9.84 Å². The summed E-state index contributed by atoms with van der Waals surface area (Å²) in [7, 11) is -3.21. The maximum Gasteiger partial charge on any atom is 0.270 e. The van der Waals surface area contributed by atoms with Gasteiger partial charge in [-0.25, -0.2) is 8.42 Å². The van der Waals surface area contributed by atoms with Crippen molar-refractivity contribution in [3.8, 4) is 0 Å². The second-order valence-electron chi connectivity index (χ2n) is 6.43. The molecule has 1 fully saturated rings. The lowest BCUT2D eigenvalue weighted by Crippen LogP contribution is -2.40. The lowest BCUT2D eigenvalue weighted by molar-refractivity contribution is -0.384. The van der Waals surface area contributed by atoms with Crippen molar-refractivity contribution in [2.24, 2.45) is 0 Å². The minimum absolute atomic E-state index is 0.0198. The molecule has 0 bridgehead atoms. The zero-order valence-electron chi connectivity index (χ0n) is 14.2. The summed E-state index contributed by atoms with van der Waals surface area (Å²) in [5.74, 6) is -0.541. The van der Waals surface area contributed by atoms with Crippen molar-refractivity contribution >= 4 is 33.0 Å². The minimum Gasteiger partial charge on any atom is -0.330 e. The molecule has 2 aromatic carbocycles. The van der Waals surface area contributed by atoms with E-state index in [0.717, 1.165) is 5.56 Å². The molecule has 0 radical (unpaired) electrons. The van der Waals surface area contributed by atoms with Crippen molar-refractivity contribution in [1.29, 1.82) is 0 Å². The lowest BCUT2D eigenvalue weighted by atomic mass is 10.1. The van der Waals surface area contributed by atoms with Gasteiger partial charge in [-0.05, 0) is 30.2 Å². The number of sulfone groups is 1. The van der Waals surface area contributed by atoms with E-state index in [1.54, 1.807) is 24.3 Å². The van der Waals surface area contributed by atoms with Gasteiger partial charge in [0.05, 0.1) is 16.4 Å². The van der Waals surface area contributed by atoms with E-state index in [4.69, 9.17) is 11.6 Å². The average molecular weight is 409 g/mol. The molecule has 3 rings (SSSR count). The van der Waals surface area contributed by atoms with Crippen LogP contribution in [0.4, 0.5) is 5.69 Å². The van der Waals surface area contributed by atoms with Crippen LogP contribution in [0.2, 0.25) is 5.02 Å². The molecule has 9 heteroatoms. The Morgan fingerprint density at radius 2 is 1.96 bits per heavy atom. The fourth-order valence-electron chi connectivity index (χ4n) is 3.14. The van der Waals surface area contributed by atoms with Crippen LogP contribution in [0.25, 0.3) is 0 Å². The number of nitro benzene ring substituents is 1. The first-order valence-electron chi connectivity index (χ1n) is 8.25. The van der Waals surface area contributed by atoms with Gasteiger partial charge in [-0.3, -0.25) is 14.9 Å². The van der Waals surface area contributed by atoms with Crippen molar-refractivity contribution in [3.05, 3.63) is 74.8 Å². The largest absolute Gasteiger partial charge is 0.330 e. The third-order valence-electron chi connectivity index (χ3n) is 4.46. The van der Waals surface area contributed by atoms with Crippen molar-refractivity contribution < 1.29 is 18.1 Å². The molecule has 0 aliphatic carbocycles. The fraction of sp³-hybridized carbons (Fsp3) is 0.278. The first-order valence-corrected chi connectivity index (χ1v) is 10.5. The number of non-ortho nitro benzene ring substituents is 1. The summed E-state index contributed by atoms with van der Waals surface area (Å²) in [5.41, 5.74) is 0.712. The molecule has 27 heavy (non-hydrogen) atoms. The van der Waals surface area contributed by atoms with Gasteiger partial charge < -0.3 is 4.90 Å². The minimum atomic E-state index is -3.21. The molecule has 1 atom stereocenters. The number of halogens is 1. The van der Waals surface area contributed by atoms with E-state index in [0.29, 0.717) is 11.4 Å². The molecule has 2 aromatic rings. The summed E-state index contributed by atoms with van der Waals surface area (Å²) in [6.45, 7) is 0.169. The van der Waals surface area contributed by atoms with E-state index >= 15 is 0 Å². The zero-order valence-corrected chi connectivity index (χ0v) is 15.8. The number of nitro groups is 1. The Labute approximate surface area is 161 Å². The maximum atomic E-state index is 13.1. The number of carbonyl (C=O) groups is 1. The molecule has 0 N–H and O–H groups in total. The van der Waals surface area contributed by atoms with Crippen molar-refractivity contribution in [1.82, 2.24) is 4.90 Å². The summed E-state index contributed by atoms with van der Waals surface area (Å²) in [5, 5.41) is 11.5. The predicted molar refractivity (Wildman–Crippen MR) is 101 cm³/mol. The molecule has 0 saturated carbocycles. The smallest absolute Gasteiger partial charge is 0.270 e. The summed E-state index contributed by atoms with van der Waals surface area (Å²) in [4.78, 5) is 25.0. The highest BCUT2D eigenvalue weighted by molar-refractivity contribution is 7.91. The van der Waals surface area contributed by atoms with Crippen LogP contribution in [0, 0.1) is 10.1 Å². The second kappa shape index (κ2) is 7.66. The maximum absolute atomic E-state index is 13.1. The van der Waals surface area contributed by atoms with Crippen LogP contribution in [0.5, 0.6) is 0 Å². The standard InChI is InChI=1S/C18H17ClN2O5S/c19-15-5-1-3-13(9-15)11-20(17-7-8-27(25,26)12-17)18(22)14-4-2-6-16(10-14)21(23)24/h1-6,9-10,17H,7-8,11-12H2. The molecule has 1 amide bonds. The molecule has 0 aromatic heterocycles. The monoisotopic (exact) mass is 408 g/mol. The van der Waals surface area contributed by atoms with Crippen LogP contribution in [0.1, 0.15) is 22.3 Å². The number of amides is 1. The number of benzene rings is 2. The van der Waals surface area contributed by atoms with Gasteiger partial charge in [0.2, 0.25) is 0 Å². The summed E-state index contributed by atoms with van der Waals surface area (Å²) >= 11 is 6.01. The van der Waals surface area contributed by atoms with Gasteiger partial charge in [-0.15, -0.1) is 0 Å². The molecule has 0 spiro atoms. The fourth-order valence-corrected chi connectivity index (χ4v) is 5.08. The molecule has 1 heterocycles. The Bertz CT molecular complexity index is 993. The Morgan fingerprint density at radius 1 is 1.22 bits per heavy atom. The first-order chi connectivity index (χ1) is 12.7. The molecule has 142 valence electrons. The summed E-state index contributed by atoms with van der Waals surface area (Å²) in [6, 6.07) is 11.9. The molecule has 1 unspecified atom stereocenters. The van der Waals surface area contributed by atoms with E-state index in [1.807, 2.05) is 0 Å². The van der Waals surface area contributed by atoms with Gasteiger partial charge in [-0.1, -0.05) is 29.8 Å². The van der Waals surface area contributed by atoms with Gasteiger partial charge in [0.1, 0.15) is 0 Å². The molecular formula is C18H17ClN2O5S. The topological polar surface area (TPSA) is 97.6 Å². The van der Waals surface area contributed by atoms with Crippen LogP contribution in [-0.2, 0) is 16.4 Å². The molecular weight excluding hydrogens is 392 g/mol. The number of carbonyl (C=O) groups excluding carboxylic acids is 1.